The van der Waals surface area contributed by atoms with Crippen LogP contribution in [0.5, 0.6) is 5.75 Å². The molecular formula is C14H11F3N2O2. The van der Waals surface area contributed by atoms with Crippen LogP contribution in [-0.4, -0.2) is 4.98 Å². The van der Waals surface area contributed by atoms with Crippen LogP contribution in [0.2, 0.25) is 0 Å². The van der Waals surface area contributed by atoms with Crippen molar-refractivity contribution in [3.8, 4) is 11.8 Å². The Bertz CT molecular complexity index is 680. The summed E-state index contributed by atoms with van der Waals surface area (Å²) in [7, 11) is 0. The van der Waals surface area contributed by atoms with Crippen molar-refractivity contribution in [1.29, 1.82) is 5.26 Å². The van der Waals surface area contributed by atoms with E-state index in [0.717, 1.165) is 12.1 Å². The first-order valence-electron chi connectivity index (χ1n) is 5.98. The van der Waals surface area contributed by atoms with Gasteiger partial charge in [-0.25, -0.2) is 4.98 Å². The SMILES string of the molecule is Cc1nc(COc2ccc(C#N)cc2C(F)(F)F)oc1C. The molecule has 0 saturated carbocycles. The summed E-state index contributed by atoms with van der Waals surface area (Å²) in [5, 5.41) is 8.68. The van der Waals surface area contributed by atoms with Gasteiger partial charge in [-0.2, -0.15) is 18.4 Å². The number of oxazole rings is 1. The van der Waals surface area contributed by atoms with Crippen LogP contribution in [0.3, 0.4) is 0 Å². The van der Waals surface area contributed by atoms with Crippen molar-refractivity contribution in [2.45, 2.75) is 26.6 Å². The van der Waals surface area contributed by atoms with Crippen LogP contribution in [0.1, 0.15) is 28.5 Å². The van der Waals surface area contributed by atoms with Gasteiger partial charge in [0.2, 0.25) is 5.89 Å². The van der Waals surface area contributed by atoms with E-state index in [1.165, 1.54) is 6.07 Å². The number of benzene rings is 1. The Hall–Kier alpha value is -2.49. The van der Waals surface area contributed by atoms with E-state index in [9.17, 15) is 13.2 Å². The quantitative estimate of drug-likeness (QED) is 0.865. The minimum absolute atomic E-state index is 0.0857. The Balaban J connectivity index is 2.25. The van der Waals surface area contributed by atoms with Gasteiger partial charge >= 0.3 is 6.18 Å². The molecule has 0 bridgehead atoms. The van der Waals surface area contributed by atoms with Crippen LogP contribution in [0.4, 0.5) is 13.2 Å². The lowest BCUT2D eigenvalue weighted by molar-refractivity contribution is -0.139. The maximum Gasteiger partial charge on any atom is 0.420 e. The summed E-state index contributed by atoms with van der Waals surface area (Å²) in [5.41, 5.74) is -0.427. The molecule has 21 heavy (non-hydrogen) atoms. The summed E-state index contributed by atoms with van der Waals surface area (Å²) in [5.74, 6) is 0.418. The Kier molecular flexibility index (Phi) is 3.89. The number of ether oxygens (including phenoxy) is 1. The number of aromatic nitrogens is 1. The first kappa shape index (κ1) is 14.9. The van der Waals surface area contributed by atoms with Crippen LogP contribution in [-0.2, 0) is 12.8 Å². The smallest absolute Gasteiger partial charge is 0.420 e. The van der Waals surface area contributed by atoms with Gasteiger partial charge in [0.1, 0.15) is 11.5 Å². The summed E-state index contributed by atoms with van der Waals surface area (Å²) in [6, 6.07) is 4.79. The van der Waals surface area contributed by atoms with Crippen LogP contribution >= 0.6 is 0 Å². The molecule has 0 fully saturated rings. The predicted octanol–water partition coefficient (Wildman–Crippen LogP) is 3.76. The van der Waals surface area contributed by atoms with Gasteiger partial charge in [-0.1, -0.05) is 0 Å². The van der Waals surface area contributed by atoms with Gasteiger partial charge in [-0.05, 0) is 32.0 Å². The molecule has 0 spiro atoms. The molecule has 0 aliphatic heterocycles. The van der Waals surface area contributed by atoms with Crippen molar-refractivity contribution >= 4 is 0 Å². The molecule has 1 aromatic heterocycles. The van der Waals surface area contributed by atoms with Gasteiger partial charge < -0.3 is 9.15 Å². The lowest BCUT2D eigenvalue weighted by Gasteiger charge is -2.13. The molecule has 0 atom stereocenters. The minimum atomic E-state index is -4.61. The number of nitriles is 1. The van der Waals surface area contributed by atoms with E-state index in [2.05, 4.69) is 4.98 Å². The highest BCUT2D eigenvalue weighted by molar-refractivity contribution is 5.43. The van der Waals surface area contributed by atoms with E-state index >= 15 is 0 Å². The molecule has 110 valence electrons. The van der Waals surface area contributed by atoms with Crippen molar-refractivity contribution in [2.75, 3.05) is 0 Å². The first-order valence-corrected chi connectivity index (χ1v) is 5.98. The van der Waals surface area contributed by atoms with Gasteiger partial charge in [0.15, 0.2) is 6.61 Å². The second-order valence-electron chi connectivity index (χ2n) is 4.36. The van der Waals surface area contributed by atoms with Gasteiger partial charge in [0.25, 0.3) is 0 Å². The maximum absolute atomic E-state index is 12.9. The Morgan fingerprint density at radius 3 is 2.57 bits per heavy atom. The van der Waals surface area contributed by atoms with Gasteiger partial charge in [0, 0.05) is 0 Å². The van der Waals surface area contributed by atoms with Crippen LogP contribution in [0.15, 0.2) is 22.6 Å². The zero-order chi connectivity index (χ0) is 15.6. The number of nitrogens with zero attached hydrogens (tertiary/aromatic N) is 2. The monoisotopic (exact) mass is 296 g/mol. The normalized spacial score (nSPS) is 11.2. The van der Waals surface area contributed by atoms with Crippen LogP contribution in [0.25, 0.3) is 0 Å². The number of aryl methyl sites for hydroxylation is 2. The lowest BCUT2D eigenvalue weighted by Crippen LogP contribution is -2.09. The zero-order valence-corrected chi connectivity index (χ0v) is 11.3. The predicted molar refractivity (Wildman–Crippen MR) is 66.5 cm³/mol. The van der Waals surface area contributed by atoms with Gasteiger partial charge in [-0.15, -0.1) is 0 Å². The Morgan fingerprint density at radius 1 is 1.33 bits per heavy atom. The summed E-state index contributed by atoms with van der Waals surface area (Å²) in [4.78, 5) is 4.03. The fourth-order valence-corrected chi connectivity index (χ4v) is 1.69. The molecule has 2 aromatic rings. The second-order valence-corrected chi connectivity index (χ2v) is 4.36. The van der Waals surface area contributed by atoms with Crippen molar-refractivity contribution in [1.82, 2.24) is 4.98 Å². The number of hydrogen-bond acceptors (Lipinski definition) is 4. The van der Waals surface area contributed by atoms with E-state index in [4.69, 9.17) is 14.4 Å². The number of halogens is 3. The van der Waals surface area contributed by atoms with E-state index in [1.54, 1.807) is 19.9 Å². The average molecular weight is 296 g/mol. The third kappa shape index (κ3) is 3.34. The third-order valence-electron chi connectivity index (χ3n) is 2.84. The molecule has 7 heteroatoms. The number of rotatable bonds is 3. The molecule has 0 unspecified atom stereocenters. The molecular weight excluding hydrogens is 285 g/mol. The topological polar surface area (TPSA) is 59.0 Å². The molecule has 0 N–H and O–H groups in total. The molecule has 0 amide bonds. The molecule has 1 aromatic carbocycles. The first-order chi connectivity index (χ1) is 9.81. The number of alkyl halides is 3. The van der Waals surface area contributed by atoms with Crippen LogP contribution < -0.4 is 4.74 Å². The zero-order valence-electron chi connectivity index (χ0n) is 11.3. The largest absolute Gasteiger partial charge is 0.483 e. The molecule has 1 heterocycles. The van der Waals surface area contributed by atoms with E-state index in [-0.39, 0.29) is 23.8 Å². The van der Waals surface area contributed by atoms with E-state index in [1.807, 2.05) is 0 Å². The summed E-state index contributed by atoms with van der Waals surface area (Å²) in [6.45, 7) is 3.21. The van der Waals surface area contributed by atoms with E-state index in [0.29, 0.717) is 11.5 Å². The fraction of sp³-hybridized carbons (Fsp3) is 0.286. The van der Waals surface area contributed by atoms with Crippen molar-refractivity contribution in [3.63, 3.8) is 0 Å². The third-order valence-corrected chi connectivity index (χ3v) is 2.84. The van der Waals surface area contributed by atoms with Gasteiger partial charge in [-0.3, -0.25) is 0 Å². The summed E-state index contributed by atoms with van der Waals surface area (Å²) < 4.78 is 49.2. The van der Waals surface area contributed by atoms with Crippen molar-refractivity contribution in [2.24, 2.45) is 0 Å². The summed E-state index contributed by atoms with van der Waals surface area (Å²) in [6.07, 6.45) is -4.61. The van der Waals surface area contributed by atoms with Crippen molar-refractivity contribution in [3.05, 3.63) is 46.7 Å². The van der Waals surface area contributed by atoms with Crippen LogP contribution in [0, 0.1) is 25.2 Å². The maximum atomic E-state index is 12.9. The molecule has 0 aliphatic carbocycles. The fourth-order valence-electron chi connectivity index (χ4n) is 1.69. The summed E-state index contributed by atoms with van der Waals surface area (Å²) >= 11 is 0. The standard InChI is InChI=1S/C14H11F3N2O2/c1-8-9(2)21-13(19-8)7-20-12-4-3-10(6-18)5-11(12)14(15,16)17/h3-5H,7H2,1-2H3. The highest BCUT2D eigenvalue weighted by Crippen LogP contribution is 2.37. The van der Waals surface area contributed by atoms with Gasteiger partial charge in [0.05, 0.1) is 22.9 Å². The van der Waals surface area contributed by atoms with Crippen molar-refractivity contribution < 1.29 is 22.3 Å². The second kappa shape index (κ2) is 5.48. The van der Waals surface area contributed by atoms with E-state index < -0.39 is 11.7 Å². The average Bonchev–Trinajstić information content (AvgIpc) is 2.74. The molecule has 0 aliphatic rings. The Morgan fingerprint density at radius 2 is 2.05 bits per heavy atom. The lowest BCUT2D eigenvalue weighted by atomic mass is 10.1. The number of hydrogen-bond donors (Lipinski definition) is 0. The Labute approximate surface area is 118 Å². The molecule has 0 saturated heterocycles. The highest BCUT2D eigenvalue weighted by Gasteiger charge is 2.34. The molecule has 2 rings (SSSR count). The minimum Gasteiger partial charge on any atom is -0.483 e. The molecule has 0 radical (unpaired) electrons. The highest BCUT2D eigenvalue weighted by atomic mass is 19.4. The molecule has 4 nitrogen and oxygen atoms in total.